The molecule has 0 spiro atoms. The first-order valence-electron chi connectivity index (χ1n) is 4.23. The number of hydrogen-bond donors (Lipinski definition) is 2. The third kappa shape index (κ3) is 2.35. The quantitative estimate of drug-likeness (QED) is 0.711. The molecule has 1 aromatic rings. The van der Waals surface area contributed by atoms with Crippen LogP contribution in [-0.2, 0) is 9.53 Å². The van der Waals surface area contributed by atoms with Crippen LogP contribution >= 0.6 is 0 Å². The minimum atomic E-state index is -1.70. The molecular formula is C9H10O6. The summed E-state index contributed by atoms with van der Waals surface area (Å²) in [4.78, 5) is 21.7. The van der Waals surface area contributed by atoms with Gasteiger partial charge in [0.1, 0.15) is 5.56 Å². The van der Waals surface area contributed by atoms with Crippen LogP contribution < -0.4 is 0 Å². The van der Waals surface area contributed by atoms with E-state index in [4.69, 9.17) is 9.52 Å². The zero-order chi connectivity index (χ0) is 11.4. The van der Waals surface area contributed by atoms with E-state index in [0.29, 0.717) is 0 Å². The van der Waals surface area contributed by atoms with Gasteiger partial charge in [0.2, 0.25) is 6.10 Å². The van der Waals surface area contributed by atoms with Crippen LogP contribution in [0.25, 0.3) is 0 Å². The minimum absolute atomic E-state index is 0.0962. The molecule has 82 valence electrons. The van der Waals surface area contributed by atoms with E-state index in [9.17, 15) is 14.7 Å². The summed E-state index contributed by atoms with van der Waals surface area (Å²) >= 11 is 0. The highest BCUT2D eigenvalue weighted by atomic mass is 16.5. The van der Waals surface area contributed by atoms with Crippen molar-refractivity contribution in [1.82, 2.24) is 0 Å². The molecule has 0 radical (unpaired) electrons. The molecule has 6 heteroatoms. The number of ether oxygens (including phenoxy) is 1. The molecule has 0 aliphatic heterocycles. The Bertz CT molecular complexity index is 366. The topological polar surface area (TPSA) is 97.0 Å². The molecule has 0 saturated heterocycles. The average Bonchev–Trinajstić information content (AvgIpc) is 2.65. The fourth-order valence-corrected chi connectivity index (χ4v) is 1.04. The number of carboxylic acids is 1. The van der Waals surface area contributed by atoms with Gasteiger partial charge in [-0.05, 0) is 13.0 Å². The van der Waals surface area contributed by atoms with Crippen molar-refractivity contribution in [3.05, 3.63) is 23.7 Å². The number of hydrogen-bond acceptors (Lipinski definition) is 5. The van der Waals surface area contributed by atoms with Crippen LogP contribution in [0.3, 0.4) is 0 Å². The second-order valence-corrected chi connectivity index (χ2v) is 2.66. The highest BCUT2D eigenvalue weighted by Crippen LogP contribution is 2.20. The largest absolute Gasteiger partial charge is 0.478 e. The van der Waals surface area contributed by atoms with Crippen LogP contribution in [0.1, 0.15) is 29.1 Å². The molecule has 1 heterocycles. The predicted octanol–water partition coefficient (Wildman–Crippen LogP) is 0.574. The minimum Gasteiger partial charge on any atom is -0.478 e. The maximum atomic E-state index is 11.1. The Balaban J connectivity index is 2.90. The van der Waals surface area contributed by atoms with Gasteiger partial charge in [0.25, 0.3) is 0 Å². The van der Waals surface area contributed by atoms with Gasteiger partial charge in [0.15, 0.2) is 5.76 Å². The van der Waals surface area contributed by atoms with E-state index in [1.54, 1.807) is 6.92 Å². The molecule has 0 bridgehead atoms. The van der Waals surface area contributed by atoms with Gasteiger partial charge in [-0.2, -0.15) is 0 Å². The predicted molar refractivity (Wildman–Crippen MR) is 47.3 cm³/mol. The van der Waals surface area contributed by atoms with E-state index in [1.165, 1.54) is 0 Å². The summed E-state index contributed by atoms with van der Waals surface area (Å²) in [5.74, 6) is -2.53. The monoisotopic (exact) mass is 214 g/mol. The molecule has 0 aromatic carbocycles. The molecule has 0 aliphatic rings. The van der Waals surface area contributed by atoms with E-state index >= 15 is 0 Å². The number of furan rings is 1. The van der Waals surface area contributed by atoms with Crippen molar-refractivity contribution >= 4 is 11.9 Å². The highest BCUT2D eigenvalue weighted by Gasteiger charge is 2.27. The van der Waals surface area contributed by atoms with Crippen molar-refractivity contribution in [2.45, 2.75) is 13.0 Å². The lowest BCUT2D eigenvalue weighted by atomic mass is 10.2. The Labute approximate surface area is 85.1 Å². The molecular weight excluding hydrogens is 204 g/mol. The van der Waals surface area contributed by atoms with Crippen molar-refractivity contribution in [2.24, 2.45) is 0 Å². The van der Waals surface area contributed by atoms with Crippen molar-refractivity contribution in [2.75, 3.05) is 6.61 Å². The molecule has 0 amide bonds. The van der Waals surface area contributed by atoms with Gasteiger partial charge in [-0.1, -0.05) is 0 Å². The zero-order valence-corrected chi connectivity index (χ0v) is 7.97. The van der Waals surface area contributed by atoms with E-state index in [-0.39, 0.29) is 17.9 Å². The molecule has 0 aliphatic carbocycles. The van der Waals surface area contributed by atoms with Gasteiger partial charge in [-0.15, -0.1) is 0 Å². The molecule has 1 unspecified atom stereocenters. The van der Waals surface area contributed by atoms with E-state index in [2.05, 4.69) is 4.74 Å². The van der Waals surface area contributed by atoms with Crippen LogP contribution in [0.2, 0.25) is 0 Å². The summed E-state index contributed by atoms with van der Waals surface area (Å²) < 4.78 is 9.24. The Kier molecular flexibility index (Phi) is 3.46. The first-order chi connectivity index (χ1) is 7.07. The zero-order valence-electron chi connectivity index (χ0n) is 7.97. The molecule has 15 heavy (non-hydrogen) atoms. The van der Waals surface area contributed by atoms with E-state index in [0.717, 1.165) is 12.3 Å². The molecule has 2 N–H and O–H groups in total. The van der Waals surface area contributed by atoms with Crippen LogP contribution in [0.5, 0.6) is 0 Å². The molecule has 0 saturated carbocycles. The van der Waals surface area contributed by atoms with Crippen molar-refractivity contribution in [3.63, 3.8) is 0 Å². The second kappa shape index (κ2) is 4.61. The van der Waals surface area contributed by atoms with E-state index in [1.807, 2.05) is 0 Å². The van der Waals surface area contributed by atoms with Crippen LogP contribution in [0.15, 0.2) is 16.7 Å². The van der Waals surface area contributed by atoms with Gasteiger partial charge < -0.3 is 19.4 Å². The molecule has 0 fully saturated rings. The van der Waals surface area contributed by atoms with Gasteiger partial charge >= 0.3 is 11.9 Å². The summed E-state index contributed by atoms with van der Waals surface area (Å²) in [6, 6.07) is 1.15. The van der Waals surface area contributed by atoms with Crippen molar-refractivity contribution in [1.29, 1.82) is 0 Å². The van der Waals surface area contributed by atoms with Gasteiger partial charge in [0.05, 0.1) is 12.9 Å². The molecule has 1 aromatic heterocycles. The lowest BCUT2D eigenvalue weighted by Gasteiger charge is -2.07. The highest BCUT2D eigenvalue weighted by molar-refractivity contribution is 5.90. The van der Waals surface area contributed by atoms with Crippen molar-refractivity contribution in [3.8, 4) is 0 Å². The fraction of sp³-hybridized carbons (Fsp3) is 0.333. The number of esters is 1. The molecule has 6 nitrogen and oxygen atoms in total. The molecule has 1 rings (SSSR count). The standard InChI is InChI=1S/C9H10O6/c1-2-14-9(13)6(10)7-5(8(11)12)3-4-15-7/h3-4,6,10H,2H2,1H3,(H,11,12). The Hall–Kier alpha value is -1.82. The van der Waals surface area contributed by atoms with E-state index < -0.39 is 18.0 Å². The maximum Gasteiger partial charge on any atom is 0.343 e. The third-order valence-corrected chi connectivity index (χ3v) is 1.68. The van der Waals surface area contributed by atoms with Crippen LogP contribution in [-0.4, -0.2) is 28.8 Å². The van der Waals surface area contributed by atoms with Gasteiger partial charge in [-0.25, -0.2) is 9.59 Å². The number of aliphatic hydroxyl groups is 1. The first-order valence-corrected chi connectivity index (χ1v) is 4.23. The van der Waals surface area contributed by atoms with Crippen LogP contribution in [0, 0.1) is 0 Å². The Morgan fingerprint density at radius 2 is 2.27 bits per heavy atom. The van der Waals surface area contributed by atoms with Crippen LogP contribution in [0.4, 0.5) is 0 Å². The Morgan fingerprint density at radius 1 is 1.60 bits per heavy atom. The number of carbonyl (C=O) groups is 2. The number of carboxylic acid groups (broad SMARTS) is 1. The number of rotatable bonds is 4. The lowest BCUT2D eigenvalue weighted by molar-refractivity contribution is -0.154. The number of aliphatic hydroxyl groups excluding tert-OH is 1. The number of aromatic carboxylic acids is 1. The normalized spacial score (nSPS) is 12.1. The SMILES string of the molecule is CCOC(=O)C(O)c1occc1C(=O)O. The maximum absolute atomic E-state index is 11.1. The summed E-state index contributed by atoms with van der Waals surface area (Å²) in [6.07, 6.45) is -0.618. The lowest BCUT2D eigenvalue weighted by Crippen LogP contribution is -2.17. The number of carbonyl (C=O) groups excluding carboxylic acids is 1. The summed E-state index contributed by atoms with van der Waals surface area (Å²) in [6.45, 7) is 1.67. The summed E-state index contributed by atoms with van der Waals surface area (Å²) in [5.41, 5.74) is -0.254. The Morgan fingerprint density at radius 3 is 2.80 bits per heavy atom. The third-order valence-electron chi connectivity index (χ3n) is 1.68. The van der Waals surface area contributed by atoms with Crippen molar-refractivity contribution < 1.29 is 29.0 Å². The second-order valence-electron chi connectivity index (χ2n) is 2.66. The first kappa shape index (κ1) is 11.3. The van der Waals surface area contributed by atoms with Gasteiger partial charge in [-0.3, -0.25) is 0 Å². The summed E-state index contributed by atoms with van der Waals surface area (Å²) in [7, 11) is 0. The average molecular weight is 214 g/mol. The molecule has 1 atom stereocenters. The summed E-state index contributed by atoms with van der Waals surface area (Å²) in [5, 5.41) is 18.1. The van der Waals surface area contributed by atoms with Gasteiger partial charge in [0, 0.05) is 0 Å². The fourth-order valence-electron chi connectivity index (χ4n) is 1.04. The smallest absolute Gasteiger partial charge is 0.343 e.